The maximum Gasteiger partial charge on any atom is 0.246 e. The van der Waals surface area contributed by atoms with Gasteiger partial charge in [0.05, 0.1) is 12.2 Å². The molecule has 4 heteroatoms. The van der Waals surface area contributed by atoms with E-state index in [1.807, 2.05) is 30.3 Å². The topological polar surface area (TPSA) is 58.6 Å². The molecule has 128 valence electrons. The van der Waals surface area contributed by atoms with Crippen molar-refractivity contribution < 1.29 is 14.6 Å². The molecular weight excluding hydrogens is 290 g/mol. The molecule has 0 radical (unpaired) electrons. The summed E-state index contributed by atoms with van der Waals surface area (Å²) in [6, 6.07) is 10.0. The summed E-state index contributed by atoms with van der Waals surface area (Å²) in [7, 11) is 0. The zero-order valence-electron chi connectivity index (χ0n) is 14.0. The van der Waals surface area contributed by atoms with E-state index >= 15 is 0 Å². The molecule has 2 rings (SSSR count). The Morgan fingerprint density at radius 3 is 2.61 bits per heavy atom. The number of nitrogens with one attached hydrogen (secondary N) is 1. The van der Waals surface area contributed by atoms with Crippen LogP contribution in [0.3, 0.4) is 0 Å². The summed E-state index contributed by atoms with van der Waals surface area (Å²) >= 11 is 0. The Labute approximate surface area is 139 Å². The molecule has 1 aliphatic rings. The molecule has 2 N–H and O–H groups in total. The number of hydrogen-bond donors (Lipinski definition) is 2. The van der Waals surface area contributed by atoms with Crippen LogP contribution in [0.4, 0.5) is 0 Å². The molecule has 0 aromatic heterocycles. The third kappa shape index (κ3) is 6.71. The first kappa shape index (κ1) is 18.0. The zero-order chi connectivity index (χ0) is 16.5. The average molecular weight is 319 g/mol. The molecule has 4 nitrogen and oxygen atoms in total. The Hall–Kier alpha value is -1.39. The largest absolute Gasteiger partial charge is 0.393 e. The molecule has 1 aromatic carbocycles. The van der Waals surface area contributed by atoms with Crippen LogP contribution >= 0.6 is 0 Å². The van der Waals surface area contributed by atoms with Crippen LogP contribution in [0.15, 0.2) is 30.3 Å². The van der Waals surface area contributed by atoms with Gasteiger partial charge in [-0.1, -0.05) is 49.6 Å². The number of amides is 1. The van der Waals surface area contributed by atoms with Crippen LogP contribution in [-0.4, -0.2) is 36.4 Å². The zero-order valence-corrected chi connectivity index (χ0v) is 14.0. The highest BCUT2D eigenvalue weighted by atomic mass is 16.5. The highest BCUT2D eigenvalue weighted by Gasteiger charge is 2.17. The molecule has 1 amide bonds. The summed E-state index contributed by atoms with van der Waals surface area (Å²) in [6.07, 6.45) is 6.32. The van der Waals surface area contributed by atoms with Gasteiger partial charge < -0.3 is 15.2 Å². The number of aliphatic hydroxyl groups excluding tert-OH is 1. The van der Waals surface area contributed by atoms with Crippen molar-refractivity contribution >= 4 is 5.91 Å². The second-order valence-electron chi connectivity index (χ2n) is 6.57. The van der Waals surface area contributed by atoms with Crippen LogP contribution in [0, 0.1) is 0 Å². The smallest absolute Gasteiger partial charge is 0.246 e. The number of rotatable bonds is 8. The molecule has 0 spiro atoms. The Bertz CT molecular complexity index is 455. The van der Waals surface area contributed by atoms with E-state index in [-0.39, 0.29) is 24.5 Å². The van der Waals surface area contributed by atoms with Gasteiger partial charge in [-0.05, 0) is 31.7 Å². The molecule has 2 unspecified atom stereocenters. The second kappa shape index (κ2) is 9.68. The van der Waals surface area contributed by atoms with Crippen LogP contribution in [-0.2, 0) is 9.53 Å². The summed E-state index contributed by atoms with van der Waals surface area (Å²) < 4.78 is 5.70. The summed E-state index contributed by atoms with van der Waals surface area (Å²) in [5.74, 6) is 0.0527. The lowest BCUT2D eigenvalue weighted by Gasteiger charge is -2.22. The summed E-state index contributed by atoms with van der Waals surface area (Å²) in [5.41, 5.74) is 1.14. The molecule has 2 atom stereocenters. The van der Waals surface area contributed by atoms with E-state index in [0.29, 0.717) is 13.0 Å². The van der Waals surface area contributed by atoms with Gasteiger partial charge in [0.15, 0.2) is 0 Å². The first-order valence-electron chi connectivity index (χ1n) is 8.76. The SMILES string of the molecule is CC(O)CC(CNC(=O)COC1CCCCC1)c1ccccc1. The summed E-state index contributed by atoms with van der Waals surface area (Å²) in [6.45, 7) is 2.45. The molecule has 1 aliphatic carbocycles. The molecule has 1 fully saturated rings. The van der Waals surface area contributed by atoms with Crippen molar-refractivity contribution in [2.75, 3.05) is 13.2 Å². The first-order valence-corrected chi connectivity index (χ1v) is 8.76. The number of benzene rings is 1. The minimum absolute atomic E-state index is 0.0675. The Morgan fingerprint density at radius 2 is 1.96 bits per heavy atom. The summed E-state index contributed by atoms with van der Waals surface area (Å²) in [4.78, 5) is 12.0. The molecule has 1 saturated carbocycles. The van der Waals surface area contributed by atoms with Crippen molar-refractivity contribution in [2.45, 2.75) is 63.6 Å². The molecule has 1 aromatic rings. The fraction of sp³-hybridized carbons (Fsp3) is 0.632. The van der Waals surface area contributed by atoms with Crippen molar-refractivity contribution in [1.29, 1.82) is 0 Å². The minimum atomic E-state index is -0.393. The van der Waals surface area contributed by atoms with Crippen molar-refractivity contribution in [3.8, 4) is 0 Å². The van der Waals surface area contributed by atoms with Crippen LogP contribution in [0.1, 0.15) is 56.9 Å². The fourth-order valence-electron chi connectivity index (χ4n) is 3.19. The minimum Gasteiger partial charge on any atom is -0.393 e. The van der Waals surface area contributed by atoms with Crippen molar-refractivity contribution in [3.05, 3.63) is 35.9 Å². The standard InChI is InChI=1S/C19H29NO3/c1-15(21)12-17(16-8-4-2-5-9-16)13-20-19(22)14-23-18-10-6-3-7-11-18/h2,4-5,8-9,15,17-18,21H,3,6-7,10-14H2,1H3,(H,20,22). The third-order valence-corrected chi connectivity index (χ3v) is 4.44. The van der Waals surface area contributed by atoms with Crippen LogP contribution in [0.2, 0.25) is 0 Å². The number of carbonyl (C=O) groups is 1. The van der Waals surface area contributed by atoms with Gasteiger partial charge in [0, 0.05) is 12.5 Å². The van der Waals surface area contributed by atoms with Crippen LogP contribution in [0.5, 0.6) is 0 Å². The monoisotopic (exact) mass is 319 g/mol. The average Bonchev–Trinajstić information content (AvgIpc) is 2.58. The Morgan fingerprint density at radius 1 is 1.26 bits per heavy atom. The van der Waals surface area contributed by atoms with Crippen molar-refractivity contribution in [3.63, 3.8) is 0 Å². The number of aliphatic hydroxyl groups is 1. The van der Waals surface area contributed by atoms with E-state index < -0.39 is 6.10 Å². The summed E-state index contributed by atoms with van der Waals surface area (Å²) in [5, 5.41) is 12.6. The van der Waals surface area contributed by atoms with Gasteiger partial charge in [0.2, 0.25) is 5.91 Å². The lowest BCUT2D eigenvalue weighted by atomic mass is 9.93. The van der Waals surface area contributed by atoms with Gasteiger partial charge >= 0.3 is 0 Å². The van der Waals surface area contributed by atoms with E-state index in [9.17, 15) is 9.90 Å². The van der Waals surface area contributed by atoms with E-state index in [4.69, 9.17) is 4.74 Å². The van der Waals surface area contributed by atoms with Crippen molar-refractivity contribution in [1.82, 2.24) is 5.32 Å². The van der Waals surface area contributed by atoms with E-state index in [1.165, 1.54) is 19.3 Å². The quantitative estimate of drug-likeness (QED) is 0.774. The fourth-order valence-corrected chi connectivity index (χ4v) is 3.19. The van der Waals surface area contributed by atoms with Crippen molar-refractivity contribution in [2.24, 2.45) is 0 Å². The highest BCUT2D eigenvalue weighted by Crippen LogP contribution is 2.21. The van der Waals surface area contributed by atoms with Gasteiger partial charge in [-0.2, -0.15) is 0 Å². The lowest BCUT2D eigenvalue weighted by molar-refractivity contribution is -0.128. The molecular formula is C19H29NO3. The molecule has 0 bridgehead atoms. The lowest BCUT2D eigenvalue weighted by Crippen LogP contribution is -2.34. The Kier molecular flexibility index (Phi) is 7.56. The first-order chi connectivity index (χ1) is 11.1. The maximum absolute atomic E-state index is 12.0. The number of carbonyl (C=O) groups excluding carboxylic acids is 1. The highest BCUT2D eigenvalue weighted by molar-refractivity contribution is 5.77. The van der Waals surface area contributed by atoms with Gasteiger partial charge in [-0.15, -0.1) is 0 Å². The molecule has 0 saturated heterocycles. The van der Waals surface area contributed by atoms with E-state index in [0.717, 1.165) is 18.4 Å². The second-order valence-corrected chi connectivity index (χ2v) is 6.57. The van der Waals surface area contributed by atoms with E-state index in [2.05, 4.69) is 5.32 Å². The van der Waals surface area contributed by atoms with Gasteiger partial charge in [-0.3, -0.25) is 4.79 Å². The maximum atomic E-state index is 12.0. The normalized spacial score (nSPS) is 18.3. The molecule has 23 heavy (non-hydrogen) atoms. The van der Waals surface area contributed by atoms with Crippen LogP contribution in [0.25, 0.3) is 0 Å². The van der Waals surface area contributed by atoms with E-state index in [1.54, 1.807) is 6.92 Å². The van der Waals surface area contributed by atoms with Crippen LogP contribution < -0.4 is 5.32 Å². The predicted octanol–water partition coefficient (Wildman–Crippen LogP) is 3.01. The van der Waals surface area contributed by atoms with Gasteiger partial charge in [0.25, 0.3) is 0 Å². The molecule has 0 heterocycles. The van der Waals surface area contributed by atoms with Gasteiger partial charge in [0.1, 0.15) is 6.61 Å². The van der Waals surface area contributed by atoms with Gasteiger partial charge in [-0.25, -0.2) is 0 Å². The third-order valence-electron chi connectivity index (χ3n) is 4.44. The molecule has 0 aliphatic heterocycles. The predicted molar refractivity (Wildman–Crippen MR) is 91.3 cm³/mol. The Balaban J connectivity index is 1.77. The number of hydrogen-bond acceptors (Lipinski definition) is 3. The number of ether oxygens (including phenoxy) is 1.